The Labute approximate surface area is 102 Å². The van der Waals surface area contributed by atoms with E-state index in [2.05, 4.69) is 5.10 Å². The molecule has 0 saturated carbocycles. The number of hydrogen-bond donors (Lipinski definition) is 1. The summed E-state index contributed by atoms with van der Waals surface area (Å²) in [6.07, 6.45) is 0. The van der Waals surface area contributed by atoms with E-state index in [0.717, 1.165) is 18.2 Å². The fourth-order valence-electron chi connectivity index (χ4n) is 1.62. The van der Waals surface area contributed by atoms with Crippen molar-refractivity contribution in [2.24, 2.45) is 5.73 Å². The summed E-state index contributed by atoms with van der Waals surface area (Å²) in [4.78, 5) is 11.0. The smallest absolute Gasteiger partial charge is 0.269 e. The summed E-state index contributed by atoms with van der Waals surface area (Å²) in [5.74, 6) is -1.70. The van der Waals surface area contributed by atoms with E-state index in [9.17, 15) is 13.6 Å². The number of amides is 1. The molecule has 4 nitrogen and oxygen atoms in total. The Morgan fingerprint density at radius 2 is 2.11 bits per heavy atom. The molecule has 0 aliphatic heterocycles. The maximum atomic E-state index is 13.5. The molecule has 18 heavy (non-hydrogen) atoms. The molecular weight excluding hydrogens is 240 g/mol. The van der Waals surface area contributed by atoms with Gasteiger partial charge in [0.15, 0.2) is 0 Å². The molecular formula is C12H11F2N3O. The van der Waals surface area contributed by atoms with Gasteiger partial charge in [0, 0.05) is 11.3 Å². The van der Waals surface area contributed by atoms with Crippen molar-refractivity contribution in [1.29, 1.82) is 0 Å². The van der Waals surface area contributed by atoms with E-state index in [1.165, 1.54) is 10.7 Å². The van der Waals surface area contributed by atoms with Crippen LogP contribution >= 0.6 is 0 Å². The molecule has 0 radical (unpaired) electrons. The Bertz CT molecular complexity index is 607. The maximum Gasteiger partial charge on any atom is 0.269 e. The van der Waals surface area contributed by atoms with Gasteiger partial charge in [-0.25, -0.2) is 8.78 Å². The summed E-state index contributed by atoms with van der Waals surface area (Å²) in [7, 11) is 0. The third kappa shape index (κ3) is 2.37. The van der Waals surface area contributed by atoms with E-state index in [-0.39, 0.29) is 17.8 Å². The number of carbonyl (C=O) groups excluding carboxylic acids is 1. The second kappa shape index (κ2) is 4.56. The fourth-order valence-corrected chi connectivity index (χ4v) is 1.62. The van der Waals surface area contributed by atoms with Crippen molar-refractivity contribution in [3.63, 3.8) is 0 Å². The van der Waals surface area contributed by atoms with Crippen molar-refractivity contribution in [2.45, 2.75) is 13.5 Å². The second-order valence-electron chi connectivity index (χ2n) is 3.93. The fraction of sp³-hybridized carbons (Fsp3) is 0.167. The highest BCUT2D eigenvalue weighted by atomic mass is 19.1. The third-order valence-electron chi connectivity index (χ3n) is 2.56. The van der Waals surface area contributed by atoms with Crippen LogP contribution in [0.3, 0.4) is 0 Å². The molecule has 6 heteroatoms. The molecule has 0 saturated heterocycles. The summed E-state index contributed by atoms with van der Waals surface area (Å²) in [6.45, 7) is 1.75. The summed E-state index contributed by atoms with van der Waals surface area (Å²) >= 11 is 0. The number of benzene rings is 1. The first-order valence-electron chi connectivity index (χ1n) is 5.25. The molecule has 1 amide bonds. The van der Waals surface area contributed by atoms with Gasteiger partial charge in [0.1, 0.15) is 17.3 Å². The Morgan fingerprint density at radius 3 is 2.72 bits per heavy atom. The van der Waals surface area contributed by atoms with Crippen LogP contribution in [-0.2, 0) is 6.54 Å². The summed E-state index contributed by atoms with van der Waals surface area (Å²) in [5, 5.41) is 3.93. The van der Waals surface area contributed by atoms with Gasteiger partial charge in [-0.05, 0) is 31.2 Å². The average Bonchev–Trinajstić information content (AvgIpc) is 2.66. The molecule has 0 aliphatic carbocycles. The Hall–Kier alpha value is -2.24. The first-order valence-corrected chi connectivity index (χ1v) is 5.25. The van der Waals surface area contributed by atoms with E-state index in [4.69, 9.17) is 5.73 Å². The van der Waals surface area contributed by atoms with E-state index >= 15 is 0 Å². The number of hydrogen-bond acceptors (Lipinski definition) is 2. The molecule has 0 atom stereocenters. The van der Waals surface area contributed by atoms with Crippen LogP contribution in [0.15, 0.2) is 24.3 Å². The van der Waals surface area contributed by atoms with Crippen LogP contribution in [0.5, 0.6) is 0 Å². The molecule has 2 N–H and O–H groups in total. The number of aryl methyl sites for hydroxylation is 1. The zero-order valence-electron chi connectivity index (χ0n) is 9.65. The van der Waals surface area contributed by atoms with Gasteiger partial charge in [-0.15, -0.1) is 0 Å². The van der Waals surface area contributed by atoms with Gasteiger partial charge in [-0.1, -0.05) is 0 Å². The third-order valence-corrected chi connectivity index (χ3v) is 2.56. The first-order chi connectivity index (χ1) is 8.47. The SMILES string of the molecule is Cc1cc(C(N)=O)nn1Cc1cc(F)ccc1F. The lowest BCUT2D eigenvalue weighted by Gasteiger charge is -2.05. The van der Waals surface area contributed by atoms with Crippen molar-refractivity contribution in [3.8, 4) is 0 Å². The van der Waals surface area contributed by atoms with Crippen molar-refractivity contribution >= 4 is 5.91 Å². The quantitative estimate of drug-likeness (QED) is 0.901. The lowest BCUT2D eigenvalue weighted by molar-refractivity contribution is 0.0995. The zero-order valence-corrected chi connectivity index (χ0v) is 9.65. The normalized spacial score (nSPS) is 10.6. The Kier molecular flexibility index (Phi) is 3.10. The number of nitrogens with zero attached hydrogens (tertiary/aromatic N) is 2. The molecule has 0 spiro atoms. The highest BCUT2D eigenvalue weighted by Gasteiger charge is 2.11. The van der Waals surface area contributed by atoms with Gasteiger partial charge in [0.2, 0.25) is 0 Å². The Morgan fingerprint density at radius 1 is 1.39 bits per heavy atom. The number of halogens is 2. The minimum absolute atomic E-state index is 0.0444. The molecule has 2 aromatic rings. The van der Waals surface area contributed by atoms with Gasteiger partial charge >= 0.3 is 0 Å². The van der Waals surface area contributed by atoms with Crippen molar-refractivity contribution in [2.75, 3.05) is 0 Å². The van der Waals surface area contributed by atoms with E-state index in [1.54, 1.807) is 6.92 Å². The maximum absolute atomic E-state index is 13.5. The van der Waals surface area contributed by atoms with E-state index in [0.29, 0.717) is 5.69 Å². The standard InChI is InChI=1S/C12H11F2N3O/c1-7-4-11(12(15)18)16-17(7)6-8-5-9(13)2-3-10(8)14/h2-5H,6H2,1H3,(H2,15,18). The molecule has 0 fully saturated rings. The van der Waals surface area contributed by atoms with Crippen LogP contribution in [0.1, 0.15) is 21.7 Å². The molecule has 0 bridgehead atoms. The van der Waals surface area contributed by atoms with Crippen molar-refractivity contribution in [1.82, 2.24) is 9.78 Å². The minimum atomic E-state index is -0.656. The monoisotopic (exact) mass is 251 g/mol. The number of primary amides is 1. The largest absolute Gasteiger partial charge is 0.364 e. The summed E-state index contributed by atoms with van der Waals surface area (Å²) in [6, 6.07) is 4.70. The number of nitrogens with two attached hydrogens (primary N) is 1. The highest BCUT2D eigenvalue weighted by molar-refractivity contribution is 5.90. The summed E-state index contributed by atoms with van der Waals surface area (Å²) < 4.78 is 27.9. The number of rotatable bonds is 3. The molecule has 94 valence electrons. The van der Waals surface area contributed by atoms with Crippen LogP contribution < -0.4 is 5.73 Å². The molecule has 1 aromatic heterocycles. The summed E-state index contributed by atoms with van der Waals surface area (Å²) in [5.41, 5.74) is 6.01. The van der Waals surface area contributed by atoms with Crippen molar-refractivity contribution in [3.05, 3.63) is 52.9 Å². The lowest BCUT2D eigenvalue weighted by atomic mass is 10.2. The van der Waals surface area contributed by atoms with Gasteiger partial charge in [-0.2, -0.15) is 5.10 Å². The predicted molar refractivity (Wildman–Crippen MR) is 60.9 cm³/mol. The zero-order chi connectivity index (χ0) is 13.3. The van der Waals surface area contributed by atoms with Gasteiger partial charge < -0.3 is 5.73 Å². The topological polar surface area (TPSA) is 60.9 Å². The van der Waals surface area contributed by atoms with Gasteiger partial charge in [0.05, 0.1) is 6.54 Å². The predicted octanol–water partition coefficient (Wildman–Crippen LogP) is 1.62. The molecule has 1 aromatic carbocycles. The molecule has 2 rings (SSSR count). The van der Waals surface area contributed by atoms with Crippen LogP contribution in [-0.4, -0.2) is 15.7 Å². The highest BCUT2D eigenvalue weighted by Crippen LogP contribution is 2.13. The number of aromatic nitrogens is 2. The lowest BCUT2D eigenvalue weighted by Crippen LogP contribution is -2.13. The van der Waals surface area contributed by atoms with E-state index < -0.39 is 17.5 Å². The van der Waals surface area contributed by atoms with E-state index in [1.807, 2.05) is 0 Å². The minimum Gasteiger partial charge on any atom is -0.364 e. The average molecular weight is 251 g/mol. The van der Waals surface area contributed by atoms with Crippen LogP contribution in [0.2, 0.25) is 0 Å². The molecule has 0 unspecified atom stereocenters. The van der Waals surface area contributed by atoms with Crippen LogP contribution in [0.25, 0.3) is 0 Å². The van der Waals surface area contributed by atoms with Gasteiger partial charge in [-0.3, -0.25) is 9.48 Å². The molecule has 0 aliphatic rings. The second-order valence-corrected chi connectivity index (χ2v) is 3.93. The van der Waals surface area contributed by atoms with Gasteiger partial charge in [0.25, 0.3) is 5.91 Å². The van der Waals surface area contributed by atoms with Crippen LogP contribution in [0, 0.1) is 18.6 Å². The number of carbonyl (C=O) groups is 1. The van der Waals surface area contributed by atoms with Crippen molar-refractivity contribution < 1.29 is 13.6 Å². The van der Waals surface area contributed by atoms with Crippen LogP contribution in [0.4, 0.5) is 8.78 Å². The first kappa shape index (κ1) is 12.2. The molecule has 1 heterocycles. The Balaban J connectivity index is 2.34.